The Bertz CT molecular complexity index is 1070. The molecule has 2 aromatic rings. The number of benzene rings is 2. The molecule has 1 N–H and O–H groups in total. The van der Waals surface area contributed by atoms with Crippen LogP contribution >= 0.6 is 0 Å². The van der Waals surface area contributed by atoms with Crippen molar-refractivity contribution in [3.8, 4) is 0 Å². The van der Waals surface area contributed by atoms with E-state index in [1.165, 1.54) is 23.1 Å². The number of rotatable bonds is 6. The Morgan fingerprint density at radius 1 is 0.938 bits per heavy atom. The number of fused-ring (bicyclic) bond motifs is 1. The van der Waals surface area contributed by atoms with Crippen molar-refractivity contribution in [2.45, 2.75) is 19.9 Å². The lowest BCUT2D eigenvalue weighted by atomic mass is 10.0. The van der Waals surface area contributed by atoms with Crippen molar-refractivity contribution in [1.29, 1.82) is 0 Å². The zero-order valence-electron chi connectivity index (χ0n) is 18.1. The van der Waals surface area contributed by atoms with Gasteiger partial charge in [0.15, 0.2) is 5.78 Å². The summed E-state index contributed by atoms with van der Waals surface area (Å²) in [6, 6.07) is 11.4. The molecule has 1 saturated heterocycles. The van der Waals surface area contributed by atoms with Crippen molar-refractivity contribution in [3.05, 3.63) is 64.7 Å². The fourth-order valence-corrected chi connectivity index (χ4v) is 3.91. The van der Waals surface area contributed by atoms with Crippen molar-refractivity contribution in [2.24, 2.45) is 0 Å². The van der Waals surface area contributed by atoms with Gasteiger partial charge in [-0.1, -0.05) is 0 Å². The third kappa shape index (κ3) is 4.13. The molecular weight excluding hydrogens is 410 g/mol. The molecule has 0 aliphatic carbocycles. The number of anilines is 1. The molecule has 0 saturated carbocycles. The molecule has 4 rings (SSSR count). The third-order valence-corrected chi connectivity index (χ3v) is 5.67. The first-order valence-corrected chi connectivity index (χ1v) is 10.6. The molecule has 0 atom stereocenters. The van der Waals surface area contributed by atoms with Gasteiger partial charge in [0.05, 0.1) is 30.9 Å². The van der Waals surface area contributed by atoms with Crippen molar-refractivity contribution in [2.75, 3.05) is 37.7 Å². The highest BCUT2D eigenvalue weighted by atomic mass is 16.5. The number of hydrogen-bond donors (Lipinski definition) is 1. The molecule has 0 spiro atoms. The Kier molecular flexibility index (Phi) is 6.05. The van der Waals surface area contributed by atoms with E-state index in [4.69, 9.17) is 4.74 Å². The standard InChI is InChI=1S/C24H25N3O5/c1-15(2)27-23(30)19-8-5-17(13-20(19)24(27)31)22(29)25-14-21(28)16-3-6-18(7-4-16)26-9-11-32-12-10-26/h3-8,13,15H,9-12,14H2,1-2H3,(H,25,29). The lowest BCUT2D eigenvalue weighted by molar-refractivity contribution is 0.0608. The number of ketones is 1. The summed E-state index contributed by atoms with van der Waals surface area (Å²) in [5.74, 6) is -1.46. The number of carbonyl (C=O) groups excluding carboxylic acids is 4. The second kappa shape index (κ2) is 8.92. The van der Waals surface area contributed by atoms with E-state index in [2.05, 4.69) is 10.2 Å². The maximum absolute atomic E-state index is 12.6. The van der Waals surface area contributed by atoms with Crippen LogP contribution in [0.4, 0.5) is 5.69 Å². The van der Waals surface area contributed by atoms with Gasteiger partial charge in [-0.15, -0.1) is 0 Å². The van der Waals surface area contributed by atoms with E-state index < -0.39 is 11.8 Å². The van der Waals surface area contributed by atoms with E-state index in [9.17, 15) is 19.2 Å². The zero-order chi connectivity index (χ0) is 22.8. The van der Waals surface area contributed by atoms with Crippen molar-refractivity contribution >= 4 is 29.2 Å². The summed E-state index contributed by atoms with van der Waals surface area (Å²) < 4.78 is 5.35. The minimum atomic E-state index is -0.477. The second-order valence-electron chi connectivity index (χ2n) is 8.09. The van der Waals surface area contributed by atoms with Crippen molar-refractivity contribution in [3.63, 3.8) is 0 Å². The molecule has 32 heavy (non-hydrogen) atoms. The molecule has 2 aromatic carbocycles. The van der Waals surface area contributed by atoms with Crippen molar-refractivity contribution < 1.29 is 23.9 Å². The first-order chi connectivity index (χ1) is 15.4. The second-order valence-corrected chi connectivity index (χ2v) is 8.09. The van der Waals surface area contributed by atoms with Crippen LogP contribution in [0.2, 0.25) is 0 Å². The van der Waals surface area contributed by atoms with Crippen LogP contribution < -0.4 is 10.2 Å². The van der Waals surface area contributed by atoms with Crippen LogP contribution in [0, 0.1) is 0 Å². The van der Waals surface area contributed by atoms with Crippen LogP contribution in [0.5, 0.6) is 0 Å². The van der Waals surface area contributed by atoms with E-state index in [1.807, 2.05) is 12.1 Å². The lowest BCUT2D eigenvalue weighted by Crippen LogP contribution is -2.36. The summed E-state index contributed by atoms with van der Waals surface area (Å²) in [6.45, 7) is 6.34. The zero-order valence-corrected chi connectivity index (χ0v) is 18.1. The number of Topliss-reactive ketones (excluding diaryl/α,β-unsaturated/α-hetero) is 1. The Labute approximate surface area is 186 Å². The number of imide groups is 1. The molecule has 166 valence electrons. The Balaban J connectivity index is 1.38. The summed E-state index contributed by atoms with van der Waals surface area (Å²) in [5, 5.41) is 2.60. The predicted octanol–water partition coefficient (Wildman–Crippen LogP) is 2.14. The summed E-state index contributed by atoms with van der Waals surface area (Å²) in [4.78, 5) is 53.3. The summed E-state index contributed by atoms with van der Waals surface area (Å²) >= 11 is 0. The molecule has 0 bridgehead atoms. The van der Waals surface area contributed by atoms with Crippen molar-refractivity contribution in [1.82, 2.24) is 10.2 Å². The van der Waals surface area contributed by atoms with E-state index in [0.717, 1.165) is 18.8 Å². The molecule has 2 heterocycles. The lowest BCUT2D eigenvalue weighted by Gasteiger charge is -2.28. The van der Waals surface area contributed by atoms with Crippen LogP contribution in [-0.4, -0.2) is 67.3 Å². The Morgan fingerprint density at radius 3 is 2.22 bits per heavy atom. The smallest absolute Gasteiger partial charge is 0.261 e. The molecule has 3 amide bonds. The normalized spacial score (nSPS) is 15.8. The molecule has 0 radical (unpaired) electrons. The molecule has 2 aliphatic rings. The van der Waals surface area contributed by atoms with Gasteiger partial charge < -0.3 is 15.0 Å². The highest BCUT2D eigenvalue weighted by Gasteiger charge is 2.37. The van der Waals surface area contributed by atoms with Gasteiger partial charge in [0, 0.05) is 35.9 Å². The number of ether oxygens (including phenoxy) is 1. The summed E-state index contributed by atoms with van der Waals surface area (Å²) in [6.07, 6.45) is 0. The fourth-order valence-electron chi connectivity index (χ4n) is 3.91. The van der Waals surface area contributed by atoms with E-state index in [-0.39, 0.29) is 41.0 Å². The number of nitrogens with zero attached hydrogens (tertiary/aromatic N) is 2. The molecule has 8 heteroatoms. The predicted molar refractivity (Wildman–Crippen MR) is 118 cm³/mol. The quantitative estimate of drug-likeness (QED) is 0.552. The molecule has 8 nitrogen and oxygen atoms in total. The van der Waals surface area contributed by atoms with E-state index in [0.29, 0.717) is 18.8 Å². The average molecular weight is 435 g/mol. The van der Waals surface area contributed by atoms with Gasteiger partial charge in [-0.2, -0.15) is 0 Å². The fraction of sp³-hybridized carbons (Fsp3) is 0.333. The van der Waals surface area contributed by atoms with Crippen LogP contribution in [0.3, 0.4) is 0 Å². The van der Waals surface area contributed by atoms with Gasteiger partial charge >= 0.3 is 0 Å². The molecule has 1 fully saturated rings. The molecule has 0 aromatic heterocycles. The highest BCUT2D eigenvalue weighted by molar-refractivity contribution is 6.22. The Hall–Kier alpha value is -3.52. The summed E-state index contributed by atoms with van der Waals surface area (Å²) in [5.41, 5.74) is 2.26. The molecular formula is C24H25N3O5. The van der Waals surface area contributed by atoms with Crippen LogP contribution in [0.15, 0.2) is 42.5 Å². The minimum absolute atomic E-state index is 0.169. The number of nitrogens with one attached hydrogen (secondary N) is 1. The maximum Gasteiger partial charge on any atom is 0.261 e. The van der Waals surface area contributed by atoms with Gasteiger partial charge in [-0.05, 0) is 56.3 Å². The summed E-state index contributed by atoms with van der Waals surface area (Å²) in [7, 11) is 0. The average Bonchev–Trinajstić information content (AvgIpc) is 3.07. The number of carbonyl (C=O) groups is 4. The molecule has 0 unspecified atom stereocenters. The SMILES string of the molecule is CC(C)N1C(=O)c2ccc(C(=O)NCC(=O)c3ccc(N4CCOCC4)cc3)cc2C1=O. The largest absolute Gasteiger partial charge is 0.378 e. The van der Waals surface area contributed by atoms with Gasteiger partial charge in [0.25, 0.3) is 17.7 Å². The monoisotopic (exact) mass is 435 g/mol. The van der Waals surface area contributed by atoms with E-state index >= 15 is 0 Å². The van der Waals surface area contributed by atoms with Gasteiger partial charge in [0.2, 0.25) is 0 Å². The maximum atomic E-state index is 12.6. The topological polar surface area (TPSA) is 96.0 Å². The Morgan fingerprint density at radius 2 is 1.56 bits per heavy atom. The van der Waals surface area contributed by atoms with Gasteiger partial charge in [0.1, 0.15) is 0 Å². The number of hydrogen-bond acceptors (Lipinski definition) is 6. The first kappa shape index (κ1) is 21.7. The van der Waals surface area contributed by atoms with E-state index in [1.54, 1.807) is 26.0 Å². The minimum Gasteiger partial charge on any atom is -0.378 e. The molecule has 2 aliphatic heterocycles. The van der Waals surface area contributed by atoms with Crippen LogP contribution in [-0.2, 0) is 4.74 Å². The van der Waals surface area contributed by atoms with Gasteiger partial charge in [-0.3, -0.25) is 24.1 Å². The number of amides is 3. The van der Waals surface area contributed by atoms with Gasteiger partial charge in [-0.25, -0.2) is 0 Å². The highest BCUT2D eigenvalue weighted by Crippen LogP contribution is 2.25. The first-order valence-electron chi connectivity index (χ1n) is 10.6. The number of morpholine rings is 1. The third-order valence-electron chi connectivity index (χ3n) is 5.67. The van der Waals surface area contributed by atoms with Crippen LogP contribution in [0.1, 0.15) is 55.3 Å². The van der Waals surface area contributed by atoms with Crippen LogP contribution in [0.25, 0.3) is 0 Å².